The normalized spacial score (nSPS) is 30.4. The van der Waals surface area contributed by atoms with Crippen LogP contribution in [-0.2, 0) is 14.0 Å². The second-order valence-corrected chi connectivity index (χ2v) is 7.76. The van der Waals surface area contributed by atoms with Gasteiger partial charge in [-0.15, -0.1) is 0 Å². The number of nitrogens with two attached hydrogens (primary N) is 1. The van der Waals surface area contributed by atoms with E-state index in [-0.39, 0.29) is 6.10 Å². The van der Waals surface area contributed by atoms with E-state index >= 15 is 0 Å². The predicted molar refractivity (Wildman–Crippen MR) is 52.3 cm³/mol. The Bertz CT molecular complexity index is 236. The minimum atomic E-state index is -2.29. The molecule has 0 bridgehead atoms. The lowest BCUT2D eigenvalue weighted by molar-refractivity contribution is -0.138. The third-order valence-electron chi connectivity index (χ3n) is 2.13. The van der Waals surface area contributed by atoms with Gasteiger partial charge in [0.05, 0.1) is 12.4 Å². The Kier molecular flexibility index (Phi) is 2.89. The van der Waals surface area contributed by atoms with Crippen LogP contribution >= 0.6 is 7.14 Å². The standard InChI is InChI=1S/C8H18NO3P/c1-8(2)11-5-6(12-8)7(9)13(3,4)10/h6-7H,5,9H2,1-4H3/t6?,7-/m0/s1. The minimum absolute atomic E-state index is 0.240. The van der Waals surface area contributed by atoms with Crippen LogP contribution in [0.3, 0.4) is 0 Å². The van der Waals surface area contributed by atoms with Crippen molar-refractivity contribution in [1.82, 2.24) is 0 Å². The molecule has 4 nitrogen and oxygen atoms in total. The predicted octanol–water partition coefficient (Wildman–Crippen LogP) is 1.05. The molecule has 1 aliphatic heterocycles. The van der Waals surface area contributed by atoms with Crippen molar-refractivity contribution in [3.05, 3.63) is 0 Å². The molecule has 1 unspecified atom stereocenters. The zero-order chi connectivity index (χ0) is 10.3. The molecule has 1 saturated heterocycles. The SMILES string of the molecule is CC1(C)OCC([C@@H](N)P(C)(C)=O)O1. The summed E-state index contributed by atoms with van der Waals surface area (Å²) in [5, 5.41) is 0. The summed E-state index contributed by atoms with van der Waals surface area (Å²) in [4.78, 5) is 0. The highest BCUT2D eigenvalue weighted by atomic mass is 31.2. The maximum atomic E-state index is 11.7. The van der Waals surface area contributed by atoms with Crippen molar-refractivity contribution in [3.63, 3.8) is 0 Å². The van der Waals surface area contributed by atoms with Crippen LogP contribution in [0.5, 0.6) is 0 Å². The van der Waals surface area contributed by atoms with Gasteiger partial charge in [-0.2, -0.15) is 0 Å². The Morgan fingerprint density at radius 3 is 2.38 bits per heavy atom. The Morgan fingerprint density at radius 1 is 1.54 bits per heavy atom. The summed E-state index contributed by atoms with van der Waals surface area (Å²) < 4.78 is 22.5. The van der Waals surface area contributed by atoms with Crippen LogP contribution in [0.1, 0.15) is 13.8 Å². The third kappa shape index (κ3) is 2.78. The lowest BCUT2D eigenvalue weighted by atomic mass is 10.4. The van der Waals surface area contributed by atoms with E-state index < -0.39 is 18.7 Å². The Balaban J connectivity index is 2.62. The van der Waals surface area contributed by atoms with Gasteiger partial charge in [0, 0.05) is 0 Å². The molecule has 0 saturated carbocycles. The van der Waals surface area contributed by atoms with Crippen LogP contribution in [0, 0.1) is 0 Å². The van der Waals surface area contributed by atoms with E-state index in [1.54, 1.807) is 13.3 Å². The van der Waals surface area contributed by atoms with Crippen molar-refractivity contribution in [2.45, 2.75) is 31.5 Å². The number of ether oxygens (including phenoxy) is 2. The first-order valence-corrected chi connectivity index (χ1v) is 7.01. The summed E-state index contributed by atoms with van der Waals surface area (Å²) >= 11 is 0. The van der Waals surface area contributed by atoms with Gasteiger partial charge in [-0.1, -0.05) is 0 Å². The first kappa shape index (κ1) is 11.2. The molecular weight excluding hydrogens is 189 g/mol. The third-order valence-corrected chi connectivity index (χ3v) is 3.90. The highest BCUT2D eigenvalue weighted by Gasteiger charge is 2.39. The van der Waals surface area contributed by atoms with Gasteiger partial charge in [0.25, 0.3) is 0 Å². The smallest absolute Gasteiger partial charge is 0.163 e. The fourth-order valence-corrected chi connectivity index (χ4v) is 2.23. The van der Waals surface area contributed by atoms with Crippen LogP contribution in [0.15, 0.2) is 0 Å². The molecule has 1 fully saturated rings. The molecule has 2 N–H and O–H groups in total. The van der Waals surface area contributed by atoms with Crippen LogP contribution in [0.4, 0.5) is 0 Å². The van der Waals surface area contributed by atoms with Crippen molar-refractivity contribution < 1.29 is 14.0 Å². The average molecular weight is 207 g/mol. The average Bonchev–Trinajstić information content (AvgIpc) is 2.26. The van der Waals surface area contributed by atoms with Gasteiger partial charge in [0.15, 0.2) is 5.79 Å². The first-order valence-electron chi connectivity index (χ1n) is 4.34. The molecule has 0 aromatic carbocycles. The van der Waals surface area contributed by atoms with Crippen molar-refractivity contribution in [3.8, 4) is 0 Å². The summed E-state index contributed by atoms with van der Waals surface area (Å²) in [6.45, 7) is 7.43. The van der Waals surface area contributed by atoms with Gasteiger partial charge in [-0.25, -0.2) is 0 Å². The summed E-state index contributed by atoms with van der Waals surface area (Å²) in [5.41, 5.74) is 5.81. The van der Waals surface area contributed by atoms with E-state index in [2.05, 4.69) is 0 Å². The first-order chi connectivity index (χ1) is 5.72. The molecule has 0 aromatic rings. The molecule has 1 heterocycles. The van der Waals surface area contributed by atoms with Crippen LogP contribution in [0.2, 0.25) is 0 Å². The molecule has 2 atom stereocenters. The molecule has 0 amide bonds. The van der Waals surface area contributed by atoms with Gasteiger partial charge in [0.1, 0.15) is 13.2 Å². The van der Waals surface area contributed by atoms with Crippen molar-refractivity contribution >= 4 is 7.14 Å². The zero-order valence-corrected chi connectivity index (χ0v) is 9.51. The maximum absolute atomic E-state index is 11.7. The second kappa shape index (κ2) is 3.35. The Hall–Kier alpha value is 0.110. The maximum Gasteiger partial charge on any atom is 0.163 e. The van der Waals surface area contributed by atoms with Crippen molar-refractivity contribution in [2.75, 3.05) is 19.9 Å². The fourth-order valence-electron chi connectivity index (χ4n) is 1.28. The minimum Gasteiger partial charge on any atom is -0.348 e. The van der Waals surface area contributed by atoms with Crippen molar-refractivity contribution in [2.24, 2.45) is 5.73 Å². The van der Waals surface area contributed by atoms with E-state index in [4.69, 9.17) is 15.2 Å². The molecule has 13 heavy (non-hydrogen) atoms. The van der Waals surface area contributed by atoms with Gasteiger partial charge in [-0.3, -0.25) is 0 Å². The van der Waals surface area contributed by atoms with E-state index in [9.17, 15) is 4.57 Å². The summed E-state index contributed by atoms with van der Waals surface area (Å²) in [5.74, 6) is -1.01. The van der Waals surface area contributed by atoms with Crippen molar-refractivity contribution in [1.29, 1.82) is 0 Å². The molecule has 0 aliphatic carbocycles. The zero-order valence-electron chi connectivity index (χ0n) is 8.61. The van der Waals surface area contributed by atoms with E-state index in [1.807, 2.05) is 13.8 Å². The molecule has 0 aromatic heterocycles. The van der Waals surface area contributed by atoms with E-state index in [1.165, 1.54) is 0 Å². The largest absolute Gasteiger partial charge is 0.348 e. The molecule has 0 spiro atoms. The van der Waals surface area contributed by atoms with E-state index in [0.29, 0.717) is 6.61 Å². The Morgan fingerprint density at radius 2 is 2.08 bits per heavy atom. The summed E-state index contributed by atoms with van der Waals surface area (Å²) in [7, 11) is -2.29. The monoisotopic (exact) mass is 207 g/mol. The van der Waals surface area contributed by atoms with Gasteiger partial charge in [0.2, 0.25) is 0 Å². The second-order valence-electron chi connectivity index (χ2n) is 4.29. The topological polar surface area (TPSA) is 61.5 Å². The number of hydrogen-bond acceptors (Lipinski definition) is 4. The van der Waals surface area contributed by atoms with Gasteiger partial charge in [-0.05, 0) is 27.2 Å². The van der Waals surface area contributed by atoms with Crippen LogP contribution in [-0.4, -0.2) is 37.6 Å². The fraction of sp³-hybridized carbons (Fsp3) is 1.00. The molecule has 0 radical (unpaired) electrons. The quantitative estimate of drug-likeness (QED) is 0.687. The molecule has 1 aliphatic rings. The van der Waals surface area contributed by atoms with Crippen LogP contribution < -0.4 is 5.73 Å². The van der Waals surface area contributed by atoms with Gasteiger partial charge >= 0.3 is 0 Å². The molecular formula is C8H18NO3P. The lowest BCUT2D eigenvalue weighted by Gasteiger charge is -2.23. The number of rotatable bonds is 2. The highest BCUT2D eigenvalue weighted by Crippen LogP contribution is 2.44. The molecule has 1 rings (SSSR count). The highest BCUT2D eigenvalue weighted by molar-refractivity contribution is 7.63. The number of hydrogen-bond donors (Lipinski definition) is 1. The van der Waals surface area contributed by atoms with Gasteiger partial charge < -0.3 is 19.8 Å². The Labute approximate surface area is 79.1 Å². The lowest BCUT2D eigenvalue weighted by Crippen LogP contribution is -2.37. The molecule has 78 valence electrons. The van der Waals surface area contributed by atoms with E-state index in [0.717, 1.165) is 0 Å². The summed E-state index contributed by atoms with van der Waals surface area (Å²) in [6, 6.07) is 0. The molecule has 5 heteroatoms. The summed E-state index contributed by atoms with van der Waals surface area (Å²) in [6.07, 6.45) is -0.240. The van der Waals surface area contributed by atoms with Crippen LogP contribution in [0.25, 0.3) is 0 Å².